The van der Waals surface area contributed by atoms with Crippen molar-refractivity contribution >= 4 is 11.0 Å². The molecule has 104 valence electrons. The molecule has 19 heavy (non-hydrogen) atoms. The Kier molecular flexibility index (Phi) is 5.40. The molecule has 2 aromatic heterocycles. The van der Waals surface area contributed by atoms with E-state index in [0.29, 0.717) is 6.54 Å². The Morgan fingerprint density at radius 2 is 1.95 bits per heavy atom. The molecule has 0 atom stereocenters. The van der Waals surface area contributed by atoms with Gasteiger partial charge in [0.15, 0.2) is 0 Å². The quantitative estimate of drug-likeness (QED) is 0.732. The molecule has 0 unspecified atom stereocenters. The average molecular weight is 259 g/mol. The maximum Gasteiger partial charge on any atom is 0.140 e. The van der Waals surface area contributed by atoms with Gasteiger partial charge in [-0.2, -0.15) is 0 Å². The minimum Gasteiger partial charge on any atom is -0.332 e. The van der Waals surface area contributed by atoms with Gasteiger partial charge < -0.3 is 10.3 Å². The second kappa shape index (κ2) is 7.29. The summed E-state index contributed by atoms with van der Waals surface area (Å²) in [6.07, 6.45) is 12.0. The molecule has 0 aliphatic heterocycles. The molecule has 2 N–H and O–H groups in total. The van der Waals surface area contributed by atoms with Crippen LogP contribution in [-0.2, 0) is 13.1 Å². The largest absolute Gasteiger partial charge is 0.332 e. The summed E-state index contributed by atoms with van der Waals surface area (Å²) in [4.78, 5) is 4.49. The van der Waals surface area contributed by atoms with Crippen LogP contribution in [0.25, 0.3) is 11.0 Å². The lowest BCUT2D eigenvalue weighted by Gasteiger charge is -2.04. The summed E-state index contributed by atoms with van der Waals surface area (Å²) in [5.74, 6) is 0. The normalized spacial score (nSPS) is 11.3. The fourth-order valence-electron chi connectivity index (χ4n) is 2.59. The zero-order valence-corrected chi connectivity index (χ0v) is 11.9. The Morgan fingerprint density at radius 3 is 2.74 bits per heavy atom. The van der Waals surface area contributed by atoms with Crippen LogP contribution in [0, 0.1) is 0 Å². The van der Waals surface area contributed by atoms with E-state index in [1.165, 1.54) is 49.5 Å². The van der Waals surface area contributed by atoms with Gasteiger partial charge in [0.1, 0.15) is 5.65 Å². The van der Waals surface area contributed by atoms with Crippen molar-refractivity contribution in [1.29, 1.82) is 0 Å². The second-order valence-corrected chi connectivity index (χ2v) is 5.19. The molecule has 0 fully saturated rings. The number of nitrogens with two attached hydrogens (primary N) is 1. The molecule has 0 spiro atoms. The van der Waals surface area contributed by atoms with Crippen molar-refractivity contribution in [3.8, 4) is 0 Å². The number of hydrogen-bond acceptors (Lipinski definition) is 2. The van der Waals surface area contributed by atoms with E-state index in [1.54, 1.807) is 0 Å². The third kappa shape index (κ3) is 3.57. The first kappa shape index (κ1) is 14.1. The number of hydrogen-bond donors (Lipinski definition) is 1. The summed E-state index contributed by atoms with van der Waals surface area (Å²) >= 11 is 0. The molecule has 0 saturated carbocycles. The van der Waals surface area contributed by atoms with Crippen LogP contribution in [0.5, 0.6) is 0 Å². The molecule has 0 aromatic carbocycles. The van der Waals surface area contributed by atoms with Gasteiger partial charge in [-0.1, -0.05) is 39.0 Å². The summed E-state index contributed by atoms with van der Waals surface area (Å²) in [5, 5.41) is 1.20. The number of aryl methyl sites for hydroxylation is 1. The third-order valence-corrected chi connectivity index (χ3v) is 3.69. The van der Waals surface area contributed by atoms with Crippen LogP contribution in [0.15, 0.2) is 24.5 Å². The van der Waals surface area contributed by atoms with Gasteiger partial charge in [0.2, 0.25) is 0 Å². The van der Waals surface area contributed by atoms with Crippen molar-refractivity contribution in [2.75, 3.05) is 0 Å². The van der Waals surface area contributed by atoms with E-state index in [4.69, 9.17) is 5.73 Å². The van der Waals surface area contributed by atoms with Crippen molar-refractivity contribution < 1.29 is 0 Å². The van der Waals surface area contributed by atoms with Crippen LogP contribution in [0.3, 0.4) is 0 Å². The van der Waals surface area contributed by atoms with Gasteiger partial charge in [-0.25, -0.2) is 4.98 Å². The van der Waals surface area contributed by atoms with Gasteiger partial charge in [-0.3, -0.25) is 0 Å². The Labute approximate surface area is 115 Å². The molecule has 0 aliphatic carbocycles. The van der Waals surface area contributed by atoms with E-state index in [1.807, 2.05) is 12.3 Å². The Balaban J connectivity index is 1.93. The lowest BCUT2D eigenvalue weighted by Crippen LogP contribution is -1.98. The van der Waals surface area contributed by atoms with Gasteiger partial charge in [0.05, 0.1) is 0 Å². The maximum absolute atomic E-state index is 5.80. The molecule has 2 rings (SSSR count). The first-order valence-electron chi connectivity index (χ1n) is 7.49. The highest BCUT2D eigenvalue weighted by Gasteiger charge is 2.07. The Bertz CT molecular complexity index is 502. The minimum absolute atomic E-state index is 0.589. The topological polar surface area (TPSA) is 43.8 Å². The molecular weight excluding hydrogens is 234 g/mol. The highest BCUT2D eigenvalue weighted by Crippen LogP contribution is 2.19. The van der Waals surface area contributed by atoms with Crippen molar-refractivity contribution in [3.05, 3.63) is 30.1 Å². The molecule has 0 radical (unpaired) electrons. The third-order valence-electron chi connectivity index (χ3n) is 3.69. The van der Waals surface area contributed by atoms with Crippen LogP contribution in [0.1, 0.15) is 51.0 Å². The highest BCUT2D eigenvalue weighted by molar-refractivity contribution is 5.80. The van der Waals surface area contributed by atoms with Gasteiger partial charge in [0.25, 0.3) is 0 Å². The van der Waals surface area contributed by atoms with Gasteiger partial charge >= 0.3 is 0 Å². The summed E-state index contributed by atoms with van der Waals surface area (Å²) in [6.45, 7) is 3.90. The molecular formula is C16H25N3. The fourth-order valence-corrected chi connectivity index (χ4v) is 2.59. The lowest BCUT2D eigenvalue weighted by atomic mass is 10.1. The Morgan fingerprint density at radius 1 is 1.16 bits per heavy atom. The highest BCUT2D eigenvalue weighted by atomic mass is 15.0. The first-order chi connectivity index (χ1) is 9.36. The van der Waals surface area contributed by atoms with Crippen LogP contribution >= 0.6 is 0 Å². The molecule has 0 aliphatic rings. The van der Waals surface area contributed by atoms with Crippen molar-refractivity contribution in [3.63, 3.8) is 0 Å². The van der Waals surface area contributed by atoms with Crippen molar-refractivity contribution in [2.24, 2.45) is 5.73 Å². The summed E-state index contributed by atoms with van der Waals surface area (Å²) < 4.78 is 2.26. The molecule has 2 aromatic rings. The van der Waals surface area contributed by atoms with Gasteiger partial charge in [0, 0.05) is 30.9 Å². The number of pyridine rings is 1. The van der Waals surface area contributed by atoms with Crippen LogP contribution in [-0.4, -0.2) is 9.55 Å². The van der Waals surface area contributed by atoms with Crippen LogP contribution in [0.2, 0.25) is 0 Å². The van der Waals surface area contributed by atoms with Crippen LogP contribution < -0.4 is 5.73 Å². The predicted molar refractivity (Wildman–Crippen MR) is 81.0 cm³/mol. The number of nitrogens with zero attached hydrogens (tertiary/aromatic N) is 2. The number of aromatic nitrogens is 2. The zero-order chi connectivity index (χ0) is 13.5. The van der Waals surface area contributed by atoms with Gasteiger partial charge in [-0.05, 0) is 24.1 Å². The predicted octanol–water partition coefficient (Wildman–Crippen LogP) is 3.86. The molecule has 3 heteroatoms. The van der Waals surface area contributed by atoms with Crippen LogP contribution in [0.4, 0.5) is 0 Å². The summed E-state index contributed by atoms with van der Waals surface area (Å²) in [7, 11) is 0. The van der Waals surface area contributed by atoms with E-state index in [-0.39, 0.29) is 0 Å². The SMILES string of the molecule is CCCCCCCCn1cc(CN)c2cccnc21. The molecule has 0 saturated heterocycles. The standard InChI is InChI=1S/C16H25N3/c1-2-3-4-5-6-7-11-19-13-14(12-17)15-9-8-10-18-16(15)19/h8-10,13H,2-7,11-12,17H2,1H3. The van der Waals surface area contributed by atoms with E-state index in [9.17, 15) is 0 Å². The first-order valence-corrected chi connectivity index (χ1v) is 7.49. The smallest absolute Gasteiger partial charge is 0.140 e. The maximum atomic E-state index is 5.80. The molecule has 3 nitrogen and oxygen atoms in total. The average Bonchev–Trinajstić information content (AvgIpc) is 2.81. The van der Waals surface area contributed by atoms with Crippen molar-refractivity contribution in [1.82, 2.24) is 9.55 Å². The second-order valence-electron chi connectivity index (χ2n) is 5.19. The van der Waals surface area contributed by atoms with E-state index in [0.717, 1.165) is 12.2 Å². The minimum atomic E-state index is 0.589. The van der Waals surface area contributed by atoms with E-state index >= 15 is 0 Å². The number of unbranched alkanes of at least 4 members (excludes halogenated alkanes) is 5. The van der Waals surface area contributed by atoms with E-state index < -0.39 is 0 Å². The van der Waals surface area contributed by atoms with Gasteiger partial charge in [-0.15, -0.1) is 0 Å². The van der Waals surface area contributed by atoms with Crippen molar-refractivity contribution in [2.45, 2.75) is 58.5 Å². The summed E-state index contributed by atoms with van der Waals surface area (Å²) in [6, 6.07) is 4.10. The van der Waals surface area contributed by atoms with E-state index in [2.05, 4.69) is 28.7 Å². The monoisotopic (exact) mass is 259 g/mol. The number of fused-ring (bicyclic) bond motifs is 1. The summed E-state index contributed by atoms with van der Waals surface area (Å²) in [5.41, 5.74) is 8.08. The molecule has 2 heterocycles. The fraction of sp³-hybridized carbons (Fsp3) is 0.562. The molecule has 0 amide bonds. The zero-order valence-electron chi connectivity index (χ0n) is 11.9. The number of rotatable bonds is 8. The lowest BCUT2D eigenvalue weighted by molar-refractivity contribution is 0.563. The Hall–Kier alpha value is -1.35. The molecule has 0 bridgehead atoms.